The molecule has 0 aliphatic carbocycles. The number of benzene rings is 1. The van der Waals surface area contributed by atoms with Crippen molar-refractivity contribution in [3.63, 3.8) is 0 Å². The maximum Gasteiger partial charge on any atom is 0.156 e. The maximum atomic E-state index is 9.86. The summed E-state index contributed by atoms with van der Waals surface area (Å²) < 4.78 is 10.8. The van der Waals surface area contributed by atoms with Crippen molar-refractivity contribution in [3.8, 4) is 5.75 Å². The molecule has 0 spiro atoms. The van der Waals surface area contributed by atoms with Crippen LogP contribution in [-0.4, -0.2) is 44.1 Å². The van der Waals surface area contributed by atoms with Crippen molar-refractivity contribution in [3.05, 3.63) is 28.2 Å². The third-order valence-electron chi connectivity index (χ3n) is 3.18. The fourth-order valence-corrected chi connectivity index (χ4v) is 2.56. The minimum absolute atomic E-state index is 0.150. The minimum Gasteiger partial charge on any atom is -0.488 e. The molecule has 2 unspecified atom stereocenters. The molecule has 1 aliphatic heterocycles. The predicted molar refractivity (Wildman–Crippen MR) is 79.8 cm³/mol. The van der Waals surface area contributed by atoms with Crippen molar-refractivity contribution < 1.29 is 14.6 Å². The molecule has 1 heterocycles. The van der Waals surface area contributed by atoms with Gasteiger partial charge in [0.2, 0.25) is 0 Å². The predicted octanol–water partition coefficient (Wildman–Crippen LogP) is 2.36. The van der Waals surface area contributed by atoms with Crippen molar-refractivity contribution in [1.82, 2.24) is 5.32 Å². The summed E-state index contributed by atoms with van der Waals surface area (Å²) in [5.41, 5.74) is 0. The molecule has 112 valence electrons. The monoisotopic (exact) mass is 319 g/mol. The van der Waals surface area contributed by atoms with Crippen LogP contribution in [0.3, 0.4) is 0 Å². The highest BCUT2D eigenvalue weighted by Gasteiger charge is 2.16. The second-order valence-electron chi connectivity index (χ2n) is 4.90. The molecular formula is C14H19Cl2NO3. The van der Waals surface area contributed by atoms with Gasteiger partial charge < -0.3 is 19.9 Å². The van der Waals surface area contributed by atoms with Crippen LogP contribution < -0.4 is 10.1 Å². The number of aliphatic hydroxyl groups is 1. The first-order valence-electron chi connectivity index (χ1n) is 6.70. The van der Waals surface area contributed by atoms with Gasteiger partial charge in [0.25, 0.3) is 0 Å². The molecule has 0 aromatic heterocycles. The van der Waals surface area contributed by atoms with Gasteiger partial charge >= 0.3 is 0 Å². The highest BCUT2D eigenvalue weighted by atomic mass is 35.5. The zero-order valence-electron chi connectivity index (χ0n) is 11.1. The third kappa shape index (κ3) is 4.79. The van der Waals surface area contributed by atoms with Crippen molar-refractivity contribution in [2.24, 2.45) is 5.92 Å². The summed E-state index contributed by atoms with van der Waals surface area (Å²) in [5, 5.41) is 14.0. The van der Waals surface area contributed by atoms with E-state index in [4.69, 9.17) is 32.7 Å². The van der Waals surface area contributed by atoms with Gasteiger partial charge in [-0.1, -0.05) is 29.3 Å². The average molecular weight is 320 g/mol. The average Bonchev–Trinajstić information content (AvgIpc) is 2.91. The van der Waals surface area contributed by atoms with E-state index in [2.05, 4.69) is 5.32 Å². The highest BCUT2D eigenvalue weighted by molar-refractivity contribution is 6.37. The lowest BCUT2D eigenvalue weighted by molar-refractivity contribution is 0.105. The van der Waals surface area contributed by atoms with Crippen LogP contribution in [0.15, 0.2) is 18.2 Å². The van der Waals surface area contributed by atoms with E-state index in [1.807, 2.05) is 0 Å². The van der Waals surface area contributed by atoms with Gasteiger partial charge in [0, 0.05) is 19.7 Å². The van der Waals surface area contributed by atoms with Gasteiger partial charge in [-0.3, -0.25) is 0 Å². The van der Waals surface area contributed by atoms with Crippen LogP contribution in [0, 0.1) is 5.92 Å². The van der Waals surface area contributed by atoms with E-state index in [1.54, 1.807) is 18.2 Å². The Bertz CT molecular complexity index is 405. The molecule has 1 aromatic carbocycles. The Hall–Kier alpha value is -0.520. The molecule has 4 nitrogen and oxygen atoms in total. The standard InChI is InChI=1S/C14H19Cl2NO3/c15-12-2-1-3-13(16)14(12)20-9-11(18)7-17-6-10-4-5-19-8-10/h1-3,10-11,17-18H,4-9H2. The Morgan fingerprint density at radius 1 is 1.40 bits per heavy atom. The first-order valence-corrected chi connectivity index (χ1v) is 7.45. The summed E-state index contributed by atoms with van der Waals surface area (Å²) in [4.78, 5) is 0. The molecule has 1 aliphatic rings. The highest BCUT2D eigenvalue weighted by Crippen LogP contribution is 2.32. The van der Waals surface area contributed by atoms with Gasteiger partial charge in [-0.05, 0) is 24.5 Å². The van der Waals surface area contributed by atoms with Gasteiger partial charge in [-0.2, -0.15) is 0 Å². The molecule has 1 aromatic rings. The Balaban J connectivity index is 1.68. The molecule has 20 heavy (non-hydrogen) atoms. The van der Waals surface area contributed by atoms with E-state index in [1.165, 1.54) is 0 Å². The lowest BCUT2D eigenvalue weighted by atomic mass is 10.1. The molecule has 0 bridgehead atoms. The van der Waals surface area contributed by atoms with Crippen LogP contribution in [0.25, 0.3) is 0 Å². The van der Waals surface area contributed by atoms with Crippen LogP contribution in [-0.2, 0) is 4.74 Å². The van der Waals surface area contributed by atoms with Crippen LogP contribution >= 0.6 is 23.2 Å². The fraction of sp³-hybridized carbons (Fsp3) is 0.571. The molecule has 0 saturated carbocycles. The van der Waals surface area contributed by atoms with E-state index in [9.17, 15) is 5.11 Å². The topological polar surface area (TPSA) is 50.7 Å². The molecular weight excluding hydrogens is 301 g/mol. The molecule has 6 heteroatoms. The van der Waals surface area contributed by atoms with Gasteiger partial charge in [-0.25, -0.2) is 0 Å². The van der Waals surface area contributed by atoms with Crippen molar-refractivity contribution >= 4 is 23.2 Å². The molecule has 0 radical (unpaired) electrons. The Morgan fingerprint density at radius 3 is 2.80 bits per heavy atom. The maximum absolute atomic E-state index is 9.86. The smallest absolute Gasteiger partial charge is 0.156 e. The molecule has 2 rings (SSSR count). The Morgan fingerprint density at radius 2 is 2.15 bits per heavy atom. The lowest BCUT2D eigenvalue weighted by Crippen LogP contribution is -2.34. The summed E-state index contributed by atoms with van der Waals surface area (Å²) in [6.07, 6.45) is 0.471. The second kappa shape index (κ2) is 8.05. The zero-order chi connectivity index (χ0) is 14.4. The number of rotatable bonds is 7. The molecule has 1 saturated heterocycles. The molecule has 0 amide bonds. The summed E-state index contributed by atoms with van der Waals surface area (Å²) in [6, 6.07) is 5.15. The van der Waals surface area contributed by atoms with E-state index in [-0.39, 0.29) is 6.61 Å². The molecule has 2 N–H and O–H groups in total. The first-order chi connectivity index (χ1) is 9.66. The van der Waals surface area contributed by atoms with Crippen molar-refractivity contribution in [1.29, 1.82) is 0 Å². The third-order valence-corrected chi connectivity index (χ3v) is 3.77. The minimum atomic E-state index is -0.607. The SMILES string of the molecule is OC(CNCC1CCOC1)COc1c(Cl)cccc1Cl. The number of hydrogen-bond donors (Lipinski definition) is 2. The number of hydrogen-bond acceptors (Lipinski definition) is 4. The summed E-state index contributed by atoms with van der Waals surface area (Å²) in [7, 11) is 0. The van der Waals surface area contributed by atoms with Gasteiger partial charge in [-0.15, -0.1) is 0 Å². The van der Waals surface area contributed by atoms with Gasteiger partial charge in [0.05, 0.1) is 16.7 Å². The molecule has 2 atom stereocenters. The zero-order valence-corrected chi connectivity index (χ0v) is 12.7. The molecule has 1 fully saturated rings. The van der Waals surface area contributed by atoms with E-state index in [0.29, 0.717) is 28.3 Å². The summed E-state index contributed by atoms with van der Waals surface area (Å²) in [6.45, 7) is 3.11. The Kier molecular flexibility index (Phi) is 6.39. The normalized spacial score (nSPS) is 20.1. The van der Waals surface area contributed by atoms with Crippen LogP contribution in [0.1, 0.15) is 6.42 Å². The first kappa shape index (κ1) is 15.9. The van der Waals surface area contributed by atoms with Crippen LogP contribution in [0.2, 0.25) is 10.0 Å². The van der Waals surface area contributed by atoms with E-state index >= 15 is 0 Å². The fourth-order valence-electron chi connectivity index (χ4n) is 2.06. The van der Waals surface area contributed by atoms with E-state index < -0.39 is 6.10 Å². The number of nitrogens with one attached hydrogen (secondary N) is 1. The van der Waals surface area contributed by atoms with Gasteiger partial charge in [0.15, 0.2) is 5.75 Å². The van der Waals surface area contributed by atoms with E-state index in [0.717, 1.165) is 26.2 Å². The van der Waals surface area contributed by atoms with Crippen LogP contribution in [0.5, 0.6) is 5.75 Å². The Labute approximate surface area is 129 Å². The number of halogens is 2. The van der Waals surface area contributed by atoms with Crippen molar-refractivity contribution in [2.45, 2.75) is 12.5 Å². The lowest BCUT2D eigenvalue weighted by Gasteiger charge is -2.16. The summed E-state index contributed by atoms with van der Waals surface area (Å²) >= 11 is 12.0. The van der Waals surface area contributed by atoms with Crippen LogP contribution in [0.4, 0.5) is 0 Å². The second-order valence-corrected chi connectivity index (χ2v) is 5.72. The van der Waals surface area contributed by atoms with Crippen molar-refractivity contribution in [2.75, 3.05) is 32.9 Å². The summed E-state index contributed by atoms with van der Waals surface area (Å²) in [5.74, 6) is 0.959. The number of aliphatic hydroxyl groups excluding tert-OH is 1. The van der Waals surface area contributed by atoms with Gasteiger partial charge in [0.1, 0.15) is 12.7 Å². The number of para-hydroxylation sites is 1. The quantitative estimate of drug-likeness (QED) is 0.810. The number of ether oxygens (including phenoxy) is 2. The largest absolute Gasteiger partial charge is 0.488 e.